The summed E-state index contributed by atoms with van der Waals surface area (Å²) in [5, 5.41) is 2.82. The molecule has 2 aromatic rings. The summed E-state index contributed by atoms with van der Waals surface area (Å²) in [7, 11) is 0. The summed E-state index contributed by atoms with van der Waals surface area (Å²) in [6, 6.07) is 11.1. The maximum absolute atomic E-state index is 11.9. The zero-order chi connectivity index (χ0) is 13.7. The molecule has 2 rings (SSSR count). The molecule has 0 radical (unpaired) electrons. The molecule has 5 heteroatoms. The number of carbonyl (C=O) groups is 2. The topological polar surface area (TPSA) is 51.1 Å². The van der Waals surface area contributed by atoms with Crippen molar-refractivity contribution >= 4 is 29.6 Å². The summed E-state index contributed by atoms with van der Waals surface area (Å²) >= 11 is 1.62. The average molecular weight is 274 g/mol. The van der Waals surface area contributed by atoms with Crippen LogP contribution in [0.2, 0.25) is 0 Å². The third-order valence-electron chi connectivity index (χ3n) is 2.65. The van der Waals surface area contributed by atoms with Crippen LogP contribution in [-0.4, -0.2) is 23.0 Å². The lowest BCUT2D eigenvalue weighted by Crippen LogP contribution is -2.19. The fourth-order valence-corrected chi connectivity index (χ4v) is 2.19. The summed E-state index contributed by atoms with van der Waals surface area (Å²) < 4.78 is 1.61. The van der Waals surface area contributed by atoms with E-state index in [1.165, 1.54) is 0 Å². The highest BCUT2D eigenvalue weighted by atomic mass is 32.2. The number of nitrogens with one attached hydrogen (secondary N) is 1. The summed E-state index contributed by atoms with van der Waals surface area (Å²) in [5.41, 5.74) is 1.25. The molecule has 0 aliphatic rings. The SMILES string of the molecule is CSc1cccc(NC(=O)Cn2cccc2C=O)c1. The van der Waals surface area contributed by atoms with Gasteiger partial charge in [-0.15, -0.1) is 11.8 Å². The Kier molecular flexibility index (Phi) is 4.41. The number of aromatic nitrogens is 1. The van der Waals surface area contributed by atoms with Gasteiger partial charge in [-0.3, -0.25) is 9.59 Å². The van der Waals surface area contributed by atoms with Crippen molar-refractivity contribution in [3.05, 3.63) is 48.3 Å². The number of hydrogen-bond donors (Lipinski definition) is 1. The summed E-state index contributed by atoms with van der Waals surface area (Å²) in [5.74, 6) is -0.155. The highest BCUT2D eigenvalue weighted by Gasteiger charge is 2.06. The van der Waals surface area contributed by atoms with Crippen LogP contribution in [0.1, 0.15) is 10.5 Å². The van der Waals surface area contributed by atoms with Gasteiger partial charge in [0, 0.05) is 16.8 Å². The molecule has 1 aromatic heterocycles. The Morgan fingerprint density at radius 1 is 1.37 bits per heavy atom. The number of nitrogens with zero attached hydrogens (tertiary/aromatic N) is 1. The lowest BCUT2D eigenvalue weighted by atomic mass is 10.3. The molecule has 0 saturated carbocycles. The van der Waals surface area contributed by atoms with Crippen molar-refractivity contribution < 1.29 is 9.59 Å². The molecule has 0 atom stereocenters. The standard InChI is InChI=1S/C14H14N2O2S/c1-19-13-6-2-4-11(8-13)15-14(18)9-16-7-3-5-12(16)10-17/h2-8,10H,9H2,1H3,(H,15,18). The molecule has 1 aromatic carbocycles. The molecule has 0 spiro atoms. The molecule has 0 unspecified atom stereocenters. The smallest absolute Gasteiger partial charge is 0.244 e. The number of rotatable bonds is 5. The largest absolute Gasteiger partial charge is 0.336 e. The normalized spacial score (nSPS) is 10.2. The van der Waals surface area contributed by atoms with Gasteiger partial charge in [0.2, 0.25) is 5.91 Å². The first-order valence-corrected chi connectivity index (χ1v) is 6.99. The van der Waals surface area contributed by atoms with Crippen molar-refractivity contribution in [2.24, 2.45) is 0 Å². The molecular weight excluding hydrogens is 260 g/mol. The first kappa shape index (κ1) is 13.4. The minimum absolute atomic E-state index is 0.130. The van der Waals surface area contributed by atoms with Gasteiger partial charge < -0.3 is 9.88 Å². The number of anilines is 1. The highest BCUT2D eigenvalue weighted by Crippen LogP contribution is 2.18. The van der Waals surface area contributed by atoms with E-state index in [0.29, 0.717) is 5.69 Å². The Bertz CT molecular complexity index is 593. The van der Waals surface area contributed by atoms with Crippen molar-refractivity contribution in [1.29, 1.82) is 0 Å². The predicted molar refractivity (Wildman–Crippen MR) is 76.7 cm³/mol. The average Bonchev–Trinajstić information content (AvgIpc) is 2.86. The van der Waals surface area contributed by atoms with Gasteiger partial charge in [0.15, 0.2) is 6.29 Å². The van der Waals surface area contributed by atoms with Gasteiger partial charge in [0.1, 0.15) is 6.54 Å². The van der Waals surface area contributed by atoms with Gasteiger partial charge in [-0.05, 0) is 36.6 Å². The molecule has 19 heavy (non-hydrogen) atoms. The number of benzene rings is 1. The summed E-state index contributed by atoms with van der Waals surface area (Å²) in [6.07, 6.45) is 4.43. The second kappa shape index (κ2) is 6.24. The highest BCUT2D eigenvalue weighted by molar-refractivity contribution is 7.98. The second-order valence-electron chi connectivity index (χ2n) is 3.96. The molecule has 0 aliphatic carbocycles. The molecule has 0 aliphatic heterocycles. The van der Waals surface area contributed by atoms with Crippen LogP contribution in [0.5, 0.6) is 0 Å². The Labute approximate surface area is 115 Å². The van der Waals surface area contributed by atoms with Crippen molar-refractivity contribution in [3.63, 3.8) is 0 Å². The van der Waals surface area contributed by atoms with E-state index in [0.717, 1.165) is 16.9 Å². The molecule has 0 fully saturated rings. The van der Waals surface area contributed by atoms with Gasteiger partial charge in [-0.25, -0.2) is 0 Å². The maximum Gasteiger partial charge on any atom is 0.244 e. The minimum atomic E-state index is -0.155. The van der Waals surface area contributed by atoms with Crippen molar-refractivity contribution in [2.75, 3.05) is 11.6 Å². The van der Waals surface area contributed by atoms with Gasteiger partial charge in [0.25, 0.3) is 0 Å². The third kappa shape index (κ3) is 3.48. The minimum Gasteiger partial charge on any atom is -0.336 e. The van der Waals surface area contributed by atoms with Crippen LogP contribution in [0.4, 0.5) is 5.69 Å². The van der Waals surface area contributed by atoms with E-state index in [1.807, 2.05) is 30.5 Å². The number of carbonyl (C=O) groups excluding carboxylic acids is 2. The number of aldehydes is 1. The fourth-order valence-electron chi connectivity index (χ4n) is 1.73. The van der Waals surface area contributed by atoms with Crippen LogP contribution >= 0.6 is 11.8 Å². The van der Waals surface area contributed by atoms with Crippen LogP contribution in [-0.2, 0) is 11.3 Å². The summed E-state index contributed by atoms with van der Waals surface area (Å²) in [4.78, 5) is 23.7. The molecule has 0 bridgehead atoms. The van der Waals surface area contributed by atoms with Crippen molar-refractivity contribution in [2.45, 2.75) is 11.4 Å². The summed E-state index contributed by atoms with van der Waals surface area (Å²) in [6.45, 7) is 0.130. The van der Waals surface area contributed by atoms with Crippen LogP contribution in [0.3, 0.4) is 0 Å². The van der Waals surface area contributed by atoms with E-state index >= 15 is 0 Å². The first-order chi connectivity index (χ1) is 9.22. The lowest BCUT2D eigenvalue weighted by molar-refractivity contribution is -0.116. The van der Waals surface area contributed by atoms with Crippen molar-refractivity contribution in [1.82, 2.24) is 4.57 Å². The Balaban J connectivity index is 2.03. The Morgan fingerprint density at radius 2 is 2.21 bits per heavy atom. The number of hydrogen-bond acceptors (Lipinski definition) is 3. The molecule has 4 nitrogen and oxygen atoms in total. The van der Waals surface area contributed by atoms with Crippen LogP contribution in [0.25, 0.3) is 0 Å². The molecule has 1 N–H and O–H groups in total. The van der Waals surface area contributed by atoms with E-state index in [9.17, 15) is 9.59 Å². The van der Waals surface area contributed by atoms with Crippen LogP contribution in [0.15, 0.2) is 47.5 Å². The van der Waals surface area contributed by atoms with E-state index in [1.54, 1.807) is 34.7 Å². The van der Waals surface area contributed by atoms with Gasteiger partial charge in [-0.2, -0.15) is 0 Å². The predicted octanol–water partition coefficient (Wildman–Crippen LogP) is 2.66. The van der Waals surface area contributed by atoms with Gasteiger partial charge in [0.05, 0.1) is 5.69 Å². The monoisotopic (exact) mass is 274 g/mol. The Morgan fingerprint density at radius 3 is 2.95 bits per heavy atom. The van der Waals surface area contributed by atoms with E-state index in [-0.39, 0.29) is 12.5 Å². The molecule has 0 saturated heterocycles. The zero-order valence-electron chi connectivity index (χ0n) is 10.5. The number of amides is 1. The van der Waals surface area contributed by atoms with E-state index in [2.05, 4.69) is 5.32 Å². The second-order valence-corrected chi connectivity index (χ2v) is 4.84. The maximum atomic E-state index is 11.9. The molecular formula is C14H14N2O2S. The van der Waals surface area contributed by atoms with E-state index in [4.69, 9.17) is 0 Å². The molecule has 1 heterocycles. The number of thioether (sulfide) groups is 1. The lowest BCUT2D eigenvalue weighted by Gasteiger charge is -2.08. The van der Waals surface area contributed by atoms with Crippen molar-refractivity contribution in [3.8, 4) is 0 Å². The Hall–Kier alpha value is -2.01. The third-order valence-corrected chi connectivity index (χ3v) is 3.38. The zero-order valence-corrected chi connectivity index (χ0v) is 11.3. The first-order valence-electron chi connectivity index (χ1n) is 5.77. The van der Waals surface area contributed by atoms with Gasteiger partial charge >= 0.3 is 0 Å². The molecule has 98 valence electrons. The van der Waals surface area contributed by atoms with Crippen LogP contribution in [0, 0.1) is 0 Å². The van der Waals surface area contributed by atoms with Gasteiger partial charge in [-0.1, -0.05) is 6.07 Å². The van der Waals surface area contributed by atoms with Crippen LogP contribution < -0.4 is 5.32 Å². The molecule has 1 amide bonds. The quantitative estimate of drug-likeness (QED) is 0.673. The van der Waals surface area contributed by atoms with E-state index < -0.39 is 0 Å². The fraction of sp³-hybridized carbons (Fsp3) is 0.143.